The molecule has 0 saturated heterocycles. The number of aryl methyl sites for hydroxylation is 2. The number of nitrogen functional groups attached to an aromatic ring is 1. The fourth-order valence-electron chi connectivity index (χ4n) is 2.04. The average molecular weight is 257 g/mol. The first-order chi connectivity index (χ1) is 9.17. The number of nitrogens with zero attached hydrogens (tertiary/aromatic N) is 3. The molecule has 3 rings (SSSR count). The summed E-state index contributed by atoms with van der Waals surface area (Å²) in [6, 6.07) is 5.91. The molecule has 3 aromatic rings. The minimum atomic E-state index is 0.426. The van der Waals surface area contributed by atoms with Crippen molar-refractivity contribution >= 4 is 28.5 Å². The lowest BCUT2D eigenvalue weighted by molar-refractivity contribution is 0.623. The van der Waals surface area contributed by atoms with Gasteiger partial charge in [0.25, 0.3) is 6.01 Å². The molecule has 2 heterocycles. The lowest BCUT2D eigenvalue weighted by Crippen LogP contribution is -1.93. The Bertz CT molecular complexity index is 728. The number of hydrogen-bond donors (Lipinski definition) is 2. The van der Waals surface area contributed by atoms with Gasteiger partial charge in [0, 0.05) is 13.2 Å². The fourth-order valence-corrected chi connectivity index (χ4v) is 2.04. The SMILES string of the molecule is CCc1nn(C)cc1Nc1nc2c(N)cccc2o1. The van der Waals surface area contributed by atoms with Crippen molar-refractivity contribution in [3.05, 3.63) is 30.1 Å². The molecular weight excluding hydrogens is 242 g/mol. The Hall–Kier alpha value is -2.50. The molecule has 0 fully saturated rings. The van der Waals surface area contributed by atoms with Gasteiger partial charge in [-0.2, -0.15) is 10.1 Å². The summed E-state index contributed by atoms with van der Waals surface area (Å²) in [5.74, 6) is 0. The molecule has 0 atom stereocenters. The summed E-state index contributed by atoms with van der Waals surface area (Å²) < 4.78 is 7.38. The number of benzene rings is 1. The fraction of sp³-hybridized carbons (Fsp3) is 0.231. The van der Waals surface area contributed by atoms with Crippen molar-refractivity contribution in [1.82, 2.24) is 14.8 Å². The Kier molecular flexibility index (Phi) is 2.63. The Balaban J connectivity index is 1.99. The van der Waals surface area contributed by atoms with Crippen molar-refractivity contribution in [3.63, 3.8) is 0 Å². The molecule has 3 N–H and O–H groups in total. The van der Waals surface area contributed by atoms with Crippen LogP contribution in [0, 0.1) is 0 Å². The number of oxazole rings is 1. The van der Waals surface area contributed by atoms with Crippen LogP contribution in [0.25, 0.3) is 11.1 Å². The molecule has 0 aliphatic heterocycles. The molecular formula is C13H15N5O. The second-order valence-electron chi connectivity index (χ2n) is 4.35. The van der Waals surface area contributed by atoms with Gasteiger partial charge in [-0.1, -0.05) is 13.0 Å². The maximum atomic E-state index is 5.86. The summed E-state index contributed by atoms with van der Waals surface area (Å²) in [4.78, 5) is 4.35. The predicted molar refractivity (Wildman–Crippen MR) is 74.3 cm³/mol. The third-order valence-electron chi connectivity index (χ3n) is 2.93. The summed E-state index contributed by atoms with van der Waals surface area (Å²) >= 11 is 0. The molecule has 1 aromatic carbocycles. The van der Waals surface area contributed by atoms with Gasteiger partial charge in [-0.3, -0.25) is 4.68 Å². The first-order valence-corrected chi connectivity index (χ1v) is 6.12. The summed E-state index contributed by atoms with van der Waals surface area (Å²) in [6.07, 6.45) is 2.74. The van der Waals surface area contributed by atoms with Gasteiger partial charge in [-0.05, 0) is 18.6 Å². The molecule has 0 aliphatic carbocycles. The molecule has 0 amide bonds. The number of anilines is 3. The van der Waals surface area contributed by atoms with Gasteiger partial charge in [-0.15, -0.1) is 0 Å². The number of aromatic nitrogens is 3. The van der Waals surface area contributed by atoms with Crippen LogP contribution in [0.1, 0.15) is 12.6 Å². The van der Waals surface area contributed by atoms with E-state index < -0.39 is 0 Å². The van der Waals surface area contributed by atoms with Gasteiger partial charge >= 0.3 is 0 Å². The molecule has 0 spiro atoms. The van der Waals surface area contributed by atoms with Crippen LogP contribution >= 0.6 is 0 Å². The van der Waals surface area contributed by atoms with Crippen LogP contribution in [0.4, 0.5) is 17.4 Å². The minimum absolute atomic E-state index is 0.426. The van der Waals surface area contributed by atoms with Crippen molar-refractivity contribution in [2.24, 2.45) is 7.05 Å². The summed E-state index contributed by atoms with van der Waals surface area (Å²) in [5, 5.41) is 7.50. The lowest BCUT2D eigenvalue weighted by Gasteiger charge is -1.98. The monoisotopic (exact) mass is 257 g/mol. The van der Waals surface area contributed by atoms with Crippen molar-refractivity contribution < 1.29 is 4.42 Å². The van der Waals surface area contributed by atoms with Crippen LogP contribution < -0.4 is 11.1 Å². The van der Waals surface area contributed by atoms with Crippen LogP contribution in [-0.2, 0) is 13.5 Å². The normalized spacial score (nSPS) is 11.1. The first kappa shape index (κ1) is 11.6. The van der Waals surface area contributed by atoms with Crippen molar-refractivity contribution in [1.29, 1.82) is 0 Å². The molecule has 0 radical (unpaired) electrons. The maximum Gasteiger partial charge on any atom is 0.300 e. The maximum absolute atomic E-state index is 5.86. The quantitative estimate of drug-likeness (QED) is 0.704. The Morgan fingerprint density at radius 3 is 3.00 bits per heavy atom. The average Bonchev–Trinajstić information content (AvgIpc) is 2.94. The van der Waals surface area contributed by atoms with E-state index >= 15 is 0 Å². The van der Waals surface area contributed by atoms with E-state index in [0.29, 0.717) is 22.8 Å². The van der Waals surface area contributed by atoms with Crippen LogP contribution in [0.2, 0.25) is 0 Å². The number of fused-ring (bicyclic) bond motifs is 1. The largest absolute Gasteiger partial charge is 0.423 e. The van der Waals surface area contributed by atoms with E-state index in [4.69, 9.17) is 10.2 Å². The summed E-state index contributed by atoms with van der Waals surface area (Å²) in [5.41, 5.74) is 9.68. The zero-order valence-corrected chi connectivity index (χ0v) is 10.8. The van der Waals surface area contributed by atoms with Gasteiger partial charge < -0.3 is 15.5 Å². The molecule has 6 nitrogen and oxygen atoms in total. The Labute approximate surface area is 110 Å². The van der Waals surface area contributed by atoms with Gasteiger partial charge in [0.2, 0.25) is 0 Å². The van der Waals surface area contributed by atoms with Gasteiger partial charge in [0.15, 0.2) is 5.58 Å². The van der Waals surface area contributed by atoms with Crippen molar-refractivity contribution in [3.8, 4) is 0 Å². The molecule has 0 bridgehead atoms. The summed E-state index contributed by atoms with van der Waals surface area (Å²) in [6.45, 7) is 2.05. The number of hydrogen-bond acceptors (Lipinski definition) is 5. The predicted octanol–water partition coefficient (Wildman–Crippen LogP) is 2.45. The Morgan fingerprint density at radius 2 is 2.26 bits per heavy atom. The van der Waals surface area contributed by atoms with Crippen LogP contribution in [0.15, 0.2) is 28.8 Å². The number of nitrogens with one attached hydrogen (secondary N) is 1. The molecule has 19 heavy (non-hydrogen) atoms. The van der Waals surface area contributed by atoms with E-state index in [2.05, 4.69) is 22.3 Å². The third-order valence-corrected chi connectivity index (χ3v) is 2.93. The van der Waals surface area contributed by atoms with Crippen molar-refractivity contribution in [2.75, 3.05) is 11.1 Å². The van der Waals surface area contributed by atoms with E-state index in [1.165, 1.54) is 0 Å². The van der Waals surface area contributed by atoms with E-state index in [1.807, 2.05) is 25.4 Å². The topological polar surface area (TPSA) is 81.9 Å². The van der Waals surface area contributed by atoms with Gasteiger partial charge in [0.1, 0.15) is 5.52 Å². The molecule has 6 heteroatoms. The molecule has 0 unspecified atom stereocenters. The zero-order valence-electron chi connectivity index (χ0n) is 10.8. The molecule has 98 valence electrons. The molecule has 0 aliphatic rings. The van der Waals surface area contributed by atoms with E-state index in [-0.39, 0.29) is 0 Å². The second kappa shape index (κ2) is 4.31. The number of para-hydroxylation sites is 1. The highest BCUT2D eigenvalue weighted by Crippen LogP contribution is 2.26. The zero-order chi connectivity index (χ0) is 13.4. The third kappa shape index (κ3) is 2.01. The minimum Gasteiger partial charge on any atom is -0.423 e. The summed E-state index contributed by atoms with van der Waals surface area (Å²) in [7, 11) is 1.88. The van der Waals surface area contributed by atoms with E-state index in [0.717, 1.165) is 17.8 Å². The molecule has 0 saturated carbocycles. The lowest BCUT2D eigenvalue weighted by atomic mass is 10.3. The molecule has 2 aromatic heterocycles. The Morgan fingerprint density at radius 1 is 1.42 bits per heavy atom. The van der Waals surface area contributed by atoms with E-state index in [1.54, 1.807) is 10.7 Å². The first-order valence-electron chi connectivity index (χ1n) is 6.12. The van der Waals surface area contributed by atoms with Crippen LogP contribution in [-0.4, -0.2) is 14.8 Å². The second-order valence-corrected chi connectivity index (χ2v) is 4.35. The highest BCUT2D eigenvalue weighted by molar-refractivity contribution is 5.86. The standard InChI is InChI=1S/C13H15N5O/c1-3-9-10(7-18(2)17-9)15-13-16-12-8(14)5-4-6-11(12)19-13/h4-7H,3,14H2,1-2H3,(H,15,16). The van der Waals surface area contributed by atoms with E-state index in [9.17, 15) is 0 Å². The van der Waals surface area contributed by atoms with Crippen LogP contribution in [0.5, 0.6) is 0 Å². The van der Waals surface area contributed by atoms with Crippen LogP contribution in [0.3, 0.4) is 0 Å². The van der Waals surface area contributed by atoms with Gasteiger partial charge in [0.05, 0.1) is 17.1 Å². The smallest absolute Gasteiger partial charge is 0.300 e. The number of rotatable bonds is 3. The van der Waals surface area contributed by atoms with Gasteiger partial charge in [-0.25, -0.2) is 0 Å². The van der Waals surface area contributed by atoms with Crippen molar-refractivity contribution in [2.45, 2.75) is 13.3 Å². The highest BCUT2D eigenvalue weighted by atomic mass is 16.4. The highest BCUT2D eigenvalue weighted by Gasteiger charge is 2.11. The number of nitrogens with two attached hydrogens (primary N) is 1.